The lowest BCUT2D eigenvalue weighted by molar-refractivity contribution is -0.138. The molecule has 0 aliphatic rings. The topological polar surface area (TPSA) is 768 Å². The highest BCUT2D eigenvalue weighted by atomic mass is 32.1. The average molecular weight is 1830 g/mol. The lowest BCUT2D eigenvalue weighted by Crippen LogP contribution is -2.61. The minimum atomic E-state index is -1.97. The standard InChI is InChI=1S/C80H113N21O25S2/c1-41(88-71(117)50(12-6-8-26-81)90-64(109)34-83)68(114)93-55(31-46-18-24-49(106)25-19-46)74(120)99-59(38-103)78(124)97-56(32-62(84)107)75(121)100-60(39-127)79(125)94-52(29-44-14-20-47(104)21-15-44)69(115)86-35-65(110)91-51(13-7-9-27-82)72(118)89-42(2)67(113)92-54(28-43-10-4-3-5-11-43)73(119)98-58(37-102)77(123)96-57(33-63(85)108)76(122)101-61(40-128)80(126)95-53(70(116)87-36-66(111)112)30-45-16-22-48(105)23-17-45/h3-5,10-11,14-25,41-42,50-61,102-106,127-128H,6-9,12-13,26-40,81-83H2,1-2H3,(H2,84,107)(H2,85,108)(H,86,115)(H,87,116)(H,88,117)(H,89,118)(H,90,109)(H,91,110)(H,92,113)(H,93,114)(H,94,125)(H,95,126)(H,96,123)(H,97,124)(H,98,119)(H,99,120)(H,100,121)(H,101,122)(H,111,112)/t41-,42-,50-,51-,52-,53-,54-,55-,56-,57-,58-,59-,60-,61-/m0/s1. The maximum Gasteiger partial charge on any atom is 0.322 e. The first-order valence-corrected chi connectivity index (χ1v) is 41.5. The second-order valence-corrected chi connectivity index (χ2v) is 30.0. The number of aliphatic carboxylic acids is 1. The molecule has 0 aliphatic heterocycles. The van der Waals surface area contributed by atoms with Crippen LogP contribution in [-0.2, 0) is 117 Å². The van der Waals surface area contributed by atoms with Crippen LogP contribution in [0.1, 0.15) is 87.5 Å². The molecule has 48 heteroatoms. The number of carboxylic acids is 1. The first-order valence-electron chi connectivity index (χ1n) is 40.2. The van der Waals surface area contributed by atoms with E-state index in [0.29, 0.717) is 41.5 Å². The predicted molar refractivity (Wildman–Crippen MR) is 462 cm³/mol. The highest BCUT2D eigenvalue weighted by molar-refractivity contribution is 7.80. The SMILES string of the molecule is C[C@H](NC(=O)[C@H](CCCCN)NC(=O)CN)C(=O)N[C@@H](Cc1ccc(O)cc1)C(=O)N[C@@H](CO)C(=O)N[C@@H](CC(N)=O)C(=O)N[C@@H](CS)C(=O)N[C@@H](Cc1ccc(O)cc1)C(=O)NCC(=O)N[C@@H](CCCCN)C(=O)N[C@@H](C)C(=O)N[C@@H](Cc1ccccc1)C(=O)N[C@@H](CO)C(=O)N[C@@H](CC(N)=O)C(=O)N[C@@H](CS)C(=O)N[C@@H](Cc1ccc(O)cc1)C(=O)NCC(=O)O. The number of aliphatic hydroxyl groups excluding tert-OH is 2. The minimum Gasteiger partial charge on any atom is -0.508 e. The number of hydrogen-bond acceptors (Lipinski definition) is 29. The van der Waals surface area contributed by atoms with Crippen LogP contribution >= 0.6 is 25.3 Å². The maximum absolute atomic E-state index is 14.3. The van der Waals surface area contributed by atoms with Gasteiger partial charge in [-0.05, 0) is 124 Å². The second-order valence-electron chi connectivity index (χ2n) is 29.3. The van der Waals surface area contributed by atoms with Crippen LogP contribution in [0.4, 0.5) is 0 Å². The molecule has 0 aliphatic carbocycles. The Kier molecular flexibility index (Phi) is 46.8. The zero-order chi connectivity index (χ0) is 95.3. The number of carbonyl (C=O) groups is 19. The normalized spacial score (nSPS) is 14.2. The Morgan fingerprint density at radius 1 is 0.312 bits per heavy atom. The molecule has 0 unspecified atom stereocenters. The number of carbonyl (C=O) groups excluding carboxylic acids is 18. The number of primary amides is 2. The fraction of sp³-hybridized carbons (Fsp3) is 0.463. The number of thiol groups is 2. The lowest BCUT2D eigenvalue weighted by Gasteiger charge is -2.27. The van der Waals surface area contributed by atoms with E-state index >= 15 is 0 Å². The largest absolute Gasteiger partial charge is 0.508 e. The average Bonchev–Trinajstić information content (AvgIpc) is 0.859. The Hall–Kier alpha value is -13.3. The number of rotatable bonds is 57. The molecule has 0 saturated heterocycles. The summed E-state index contributed by atoms with van der Waals surface area (Å²) < 4.78 is 0. The molecule has 128 heavy (non-hydrogen) atoms. The quantitative estimate of drug-likeness (QED) is 0.0144. The Balaban J connectivity index is 1.48. The monoisotopic (exact) mass is 1830 g/mol. The van der Waals surface area contributed by atoms with Crippen molar-refractivity contribution in [2.45, 2.75) is 175 Å². The van der Waals surface area contributed by atoms with E-state index in [9.17, 15) is 117 Å². The summed E-state index contributed by atoms with van der Waals surface area (Å²) in [6.45, 7) is -1.67. The fourth-order valence-corrected chi connectivity index (χ4v) is 12.5. The predicted octanol–water partition coefficient (Wildman–Crippen LogP) is -9.97. The Bertz CT molecular complexity index is 4470. The molecule has 4 rings (SSSR count). The minimum absolute atomic E-state index is 0.123. The number of carboxylic acid groups (broad SMARTS) is 1. The van der Waals surface area contributed by atoms with Crippen molar-refractivity contribution in [3.05, 3.63) is 125 Å². The molecule has 32 N–H and O–H groups in total. The molecule has 18 amide bonds. The third-order valence-electron chi connectivity index (χ3n) is 19.0. The number of aliphatic hydroxyl groups is 2. The van der Waals surface area contributed by atoms with Crippen LogP contribution in [0.25, 0.3) is 0 Å². The van der Waals surface area contributed by atoms with Crippen LogP contribution < -0.4 is 114 Å². The third-order valence-corrected chi connectivity index (χ3v) is 19.7. The van der Waals surface area contributed by atoms with Gasteiger partial charge in [0.05, 0.1) is 39.1 Å². The van der Waals surface area contributed by atoms with Gasteiger partial charge in [-0.3, -0.25) is 91.1 Å². The van der Waals surface area contributed by atoms with E-state index in [1.165, 1.54) is 86.6 Å². The molecular formula is C80H113N21O25S2. The van der Waals surface area contributed by atoms with Crippen molar-refractivity contribution in [2.75, 3.05) is 57.4 Å². The van der Waals surface area contributed by atoms with Crippen LogP contribution in [0.3, 0.4) is 0 Å². The molecule has 14 atom stereocenters. The number of phenolic OH excluding ortho intramolecular Hbond substituents is 3. The van der Waals surface area contributed by atoms with E-state index in [-0.39, 0.29) is 75.3 Å². The van der Waals surface area contributed by atoms with Crippen molar-refractivity contribution < 1.29 is 122 Å². The van der Waals surface area contributed by atoms with Crippen molar-refractivity contribution in [1.29, 1.82) is 0 Å². The van der Waals surface area contributed by atoms with Crippen LogP contribution in [0.5, 0.6) is 17.2 Å². The van der Waals surface area contributed by atoms with Gasteiger partial charge in [0.2, 0.25) is 106 Å². The molecule has 46 nitrogen and oxygen atoms in total. The first-order chi connectivity index (χ1) is 60.7. The fourth-order valence-electron chi connectivity index (χ4n) is 12.0. The Morgan fingerprint density at radius 2 is 0.586 bits per heavy atom. The van der Waals surface area contributed by atoms with Gasteiger partial charge in [-0.2, -0.15) is 25.3 Å². The number of unbranched alkanes of at least 4 members (excludes halogenated alkanes) is 2. The van der Waals surface area contributed by atoms with Crippen molar-refractivity contribution in [3.63, 3.8) is 0 Å². The van der Waals surface area contributed by atoms with Crippen molar-refractivity contribution in [2.24, 2.45) is 28.7 Å². The smallest absolute Gasteiger partial charge is 0.322 e. The summed E-state index contributed by atoms with van der Waals surface area (Å²) in [7, 11) is 0. The molecule has 0 spiro atoms. The Morgan fingerprint density at radius 3 is 0.906 bits per heavy atom. The summed E-state index contributed by atoms with van der Waals surface area (Å²) in [4.78, 5) is 257. The van der Waals surface area contributed by atoms with E-state index in [2.05, 4.69) is 110 Å². The number of benzene rings is 4. The van der Waals surface area contributed by atoms with Crippen LogP contribution in [0.15, 0.2) is 103 Å². The summed E-state index contributed by atoms with van der Waals surface area (Å²) >= 11 is 8.34. The van der Waals surface area contributed by atoms with E-state index < -0.39 is 254 Å². The van der Waals surface area contributed by atoms with Crippen molar-refractivity contribution >= 4 is 138 Å². The van der Waals surface area contributed by atoms with Gasteiger partial charge >= 0.3 is 5.97 Å². The molecule has 0 radical (unpaired) electrons. The molecule has 0 aromatic heterocycles. The van der Waals surface area contributed by atoms with Crippen LogP contribution in [0, 0.1) is 0 Å². The molecule has 0 fully saturated rings. The van der Waals surface area contributed by atoms with Crippen LogP contribution in [-0.4, -0.2) is 285 Å². The summed E-state index contributed by atoms with van der Waals surface area (Å²) in [6, 6.07) is 0.955. The van der Waals surface area contributed by atoms with Gasteiger partial charge in [-0.15, -0.1) is 0 Å². The van der Waals surface area contributed by atoms with Gasteiger partial charge in [-0.25, -0.2) is 0 Å². The first kappa shape index (κ1) is 107. The number of hydrogen-bond donors (Lipinski definition) is 29. The number of amides is 18. The molecule has 0 saturated carbocycles. The van der Waals surface area contributed by atoms with Gasteiger partial charge in [0.1, 0.15) is 108 Å². The zero-order valence-corrected chi connectivity index (χ0v) is 71.8. The Labute approximate surface area is 745 Å². The van der Waals surface area contributed by atoms with Gasteiger partial charge in [-0.1, -0.05) is 66.7 Å². The van der Waals surface area contributed by atoms with Gasteiger partial charge < -0.3 is 144 Å². The third kappa shape index (κ3) is 38.7. The van der Waals surface area contributed by atoms with E-state index in [1.807, 2.05) is 0 Å². The van der Waals surface area contributed by atoms with Crippen molar-refractivity contribution in [3.8, 4) is 17.2 Å². The van der Waals surface area contributed by atoms with E-state index in [1.54, 1.807) is 30.3 Å². The van der Waals surface area contributed by atoms with E-state index in [0.717, 1.165) is 0 Å². The summed E-state index contributed by atoms with van der Waals surface area (Å²) in [5.74, 6) is -22.3. The second kappa shape index (κ2) is 55.9. The van der Waals surface area contributed by atoms with Gasteiger partial charge in [0.25, 0.3) is 0 Å². The number of phenols is 3. The molecule has 4 aromatic carbocycles. The number of aromatic hydroxyl groups is 3. The summed E-state index contributed by atoms with van der Waals surface area (Å²) in [5.41, 5.74) is 29.2. The highest BCUT2D eigenvalue weighted by Crippen LogP contribution is 2.17. The van der Waals surface area contributed by atoms with Crippen LogP contribution in [0.2, 0.25) is 0 Å². The van der Waals surface area contributed by atoms with Gasteiger partial charge in [0, 0.05) is 37.2 Å². The molecule has 4 aromatic rings. The molecule has 0 bridgehead atoms. The highest BCUT2D eigenvalue weighted by Gasteiger charge is 2.38. The zero-order valence-electron chi connectivity index (χ0n) is 70.0. The summed E-state index contributed by atoms with van der Waals surface area (Å²) in [5, 5.41) is 97.6. The number of nitrogens with two attached hydrogens (primary N) is 5. The molecule has 700 valence electrons. The van der Waals surface area contributed by atoms with Gasteiger partial charge in [0.15, 0.2) is 0 Å². The van der Waals surface area contributed by atoms with E-state index in [4.69, 9.17) is 33.8 Å². The summed E-state index contributed by atoms with van der Waals surface area (Å²) in [6.07, 6.45) is -1.76. The molecule has 0 heterocycles. The number of nitrogens with one attached hydrogen (secondary N) is 16. The maximum atomic E-state index is 14.3. The molecular weight excluding hydrogens is 1720 g/mol. The lowest BCUT2D eigenvalue weighted by atomic mass is 10.0. The van der Waals surface area contributed by atoms with Crippen molar-refractivity contribution in [1.82, 2.24) is 85.1 Å².